The van der Waals surface area contributed by atoms with Gasteiger partial charge in [0.15, 0.2) is 0 Å². The highest BCUT2D eigenvalue weighted by atomic mass is 35.5. The van der Waals surface area contributed by atoms with Gasteiger partial charge in [-0.3, -0.25) is 25.1 Å². The first-order chi connectivity index (χ1) is 14.3. The number of methoxy groups -OCH3 is 1. The molecule has 1 aromatic rings. The Morgan fingerprint density at radius 1 is 1.27 bits per heavy atom. The summed E-state index contributed by atoms with van der Waals surface area (Å²) in [5.74, 6) is -0.843. The molecule has 30 heavy (non-hydrogen) atoms. The summed E-state index contributed by atoms with van der Waals surface area (Å²) in [6.45, 7) is 0.847. The number of hydrogen-bond donors (Lipinski definition) is 3. The molecule has 1 aromatic carbocycles. The molecule has 0 bridgehead atoms. The van der Waals surface area contributed by atoms with E-state index in [-0.39, 0.29) is 29.8 Å². The topological polar surface area (TPSA) is 103 Å². The number of thioether (sulfide) groups is 1. The van der Waals surface area contributed by atoms with Crippen LogP contribution in [0.5, 0.6) is 0 Å². The number of ether oxygens (including phenoxy) is 1. The summed E-state index contributed by atoms with van der Waals surface area (Å²) >= 11 is 7.71. The zero-order valence-corrected chi connectivity index (χ0v) is 18.6. The number of hydrogen-bond acceptors (Lipinski definition) is 7. The third kappa shape index (κ3) is 4.73. The van der Waals surface area contributed by atoms with Crippen molar-refractivity contribution in [3.8, 4) is 0 Å². The van der Waals surface area contributed by atoms with E-state index in [1.807, 2.05) is 18.2 Å². The fraction of sp³-hybridized carbons (Fsp3) is 0.526. The summed E-state index contributed by atoms with van der Waals surface area (Å²) in [4.78, 5) is 40.2. The van der Waals surface area contributed by atoms with Gasteiger partial charge in [0.1, 0.15) is 0 Å². The molecule has 0 saturated carbocycles. The van der Waals surface area contributed by atoms with Crippen molar-refractivity contribution in [2.24, 2.45) is 5.92 Å². The van der Waals surface area contributed by atoms with Crippen LogP contribution in [0.1, 0.15) is 11.7 Å². The molecule has 2 heterocycles. The minimum absolute atomic E-state index is 0.149. The molecule has 4 amide bonds. The maximum Gasteiger partial charge on any atom is 0.327 e. The number of urea groups is 1. The number of rotatable bonds is 7. The molecule has 2 fully saturated rings. The number of carbonyl (C=O) groups is 3. The number of benzene rings is 1. The van der Waals surface area contributed by atoms with E-state index in [2.05, 4.69) is 16.0 Å². The minimum Gasteiger partial charge on any atom is -0.383 e. The van der Waals surface area contributed by atoms with E-state index in [1.165, 1.54) is 23.7 Å². The minimum atomic E-state index is -0.562. The van der Waals surface area contributed by atoms with Crippen LogP contribution in [-0.4, -0.2) is 79.3 Å². The van der Waals surface area contributed by atoms with E-state index in [4.69, 9.17) is 16.3 Å². The van der Waals surface area contributed by atoms with E-state index < -0.39 is 17.5 Å². The molecule has 11 heteroatoms. The first-order valence-corrected chi connectivity index (χ1v) is 11.0. The van der Waals surface area contributed by atoms with Gasteiger partial charge in [-0.05, 0) is 6.07 Å². The van der Waals surface area contributed by atoms with Crippen LogP contribution in [0.4, 0.5) is 4.79 Å². The van der Waals surface area contributed by atoms with Crippen LogP contribution in [0.15, 0.2) is 24.3 Å². The second-order valence-corrected chi connectivity index (χ2v) is 8.66. The maximum absolute atomic E-state index is 12.9. The molecular weight excluding hydrogens is 430 g/mol. The highest BCUT2D eigenvalue weighted by Gasteiger charge is 2.51. The van der Waals surface area contributed by atoms with E-state index in [1.54, 1.807) is 20.2 Å². The molecule has 164 valence electrons. The lowest BCUT2D eigenvalue weighted by Crippen LogP contribution is -2.72. The highest BCUT2D eigenvalue weighted by molar-refractivity contribution is 8.00. The van der Waals surface area contributed by atoms with Crippen molar-refractivity contribution in [3.05, 3.63) is 34.9 Å². The Morgan fingerprint density at radius 3 is 2.70 bits per heavy atom. The molecule has 9 nitrogen and oxygen atoms in total. The van der Waals surface area contributed by atoms with Gasteiger partial charge in [-0.2, -0.15) is 0 Å². The third-order valence-corrected chi connectivity index (χ3v) is 6.76. The maximum atomic E-state index is 12.9. The number of amides is 4. The normalized spacial score (nSPS) is 26.5. The van der Waals surface area contributed by atoms with Gasteiger partial charge in [0, 0.05) is 38.3 Å². The summed E-state index contributed by atoms with van der Waals surface area (Å²) < 4.78 is 4.94. The van der Waals surface area contributed by atoms with Crippen LogP contribution < -0.4 is 16.0 Å². The Kier molecular flexibility index (Phi) is 7.59. The molecule has 0 aromatic heterocycles. The number of carbonyl (C=O) groups excluding carboxylic acids is 3. The van der Waals surface area contributed by atoms with Gasteiger partial charge in [0.2, 0.25) is 11.8 Å². The monoisotopic (exact) mass is 455 g/mol. The average molecular weight is 456 g/mol. The van der Waals surface area contributed by atoms with E-state index in [9.17, 15) is 14.4 Å². The fourth-order valence-electron chi connectivity index (χ4n) is 3.60. The van der Waals surface area contributed by atoms with Crippen molar-refractivity contribution >= 4 is 41.2 Å². The molecular formula is C19H26ClN5O4S. The lowest BCUT2D eigenvalue weighted by Gasteiger charge is -2.50. The average Bonchev–Trinajstić information content (AvgIpc) is 2.74. The Morgan fingerprint density at radius 2 is 2.00 bits per heavy atom. The summed E-state index contributed by atoms with van der Waals surface area (Å²) in [7, 11) is 4.69. The standard InChI is InChI=1S/C19H26ClN5O4S/c1-24-16-14(18(27)25(2)19(24)28)17(30-10-13(26)21-8-9-29-3)23-15(22-16)11-6-4-5-7-12(11)20/h4-7,14-17,22-23H,8-10H2,1-3H3,(H,21,26). The lowest BCUT2D eigenvalue weighted by molar-refractivity contribution is -0.140. The zero-order chi connectivity index (χ0) is 21.8. The van der Waals surface area contributed by atoms with Crippen LogP contribution in [0.2, 0.25) is 5.02 Å². The largest absolute Gasteiger partial charge is 0.383 e. The summed E-state index contributed by atoms with van der Waals surface area (Å²) in [5, 5.41) is 9.66. The van der Waals surface area contributed by atoms with Crippen LogP contribution >= 0.6 is 23.4 Å². The van der Waals surface area contributed by atoms with Crippen LogP contribution in [-0.2, 0) is 14.3 Å². The first-order valence-electron chi connectivity index (χ1n) is 9.53. The molecule has 3 N–H and O–H groups in total. The first kappa shape index (κ1) is 22.8. The Hall–Kier alpha value is -1.85. The highest BCUT2D eigenvalue weighted by Crippen LogP contribution is 2.35. The summed E-state index contributed by atoms with van der Waals surface area (Å²) in [6.07, 6.45) is -0.918. The quantitative estimate of drug-likeness (QED) is 0.523. The lowest BCUT2D eigenvalue weighted by atomic mass is 9.96. The van der Waals surface area contributed by atoms with E-state index in [0.29, 0.717) is 18.2 Å². The molecule has 0 radical (unpaired) electrons. The van der Waals surface area contributed by atoms with Crippen LogP contribution in [0, 0.1) is 5.92 Å². The predicted octanol–water partition coefficient (Wildman–Crippen LogP) is 0.819. The number of nitrogens with zero attached hydrogens (tertiary/aromatic N) is 2. The molecule has 4 atom stereocenters. The molecule has 2 aliphatic heterocycles. The number of nitrogens with one attached hydrogen (secondary N) is 3. The Balaban J connectivity index is 1.81. The van der Waals surface area contributed by atoms with Crippen molar-refractivity contribution in [2.75, 3.05) is 40.1 Å². The SMILES string of the molecule is COCCNC(=O)CSC1NC(c2ccccc2Cl)NC2C1C(=O)N(C)C(=O)N2C. The molecule has 0 spiro atoms. The molecule has 2 saturated heterocycles. The second-order valence-electron chi connectivity index (χ2n) is 7.12. The van der Waals surface area contributed by atoms with E-state index in [0.717, 1.165) is 10.5 Å². The van der Waals surface area contributed by atoms with Gasteiger partial charge in [-0.15, -0.1) is 11.8 Å². The van der Waals surface area contributed by atoms with Gasteiger partial charge in [0.05, 0.1) is 36.0 Å². The van der Waals surface area contributed by atoms with E-state index >= 15 is 0 Å². The van der Waals surface area contributed by atoms with Crippen LogP contribution in [0.3, 0.4) is 0 Å². The van der Waals surface area contributed by atoms with Crippen molar-refractivity contribution in [2.45, 2.75) is 17.7 Å². The Labute approximate surface area is 184 Å². The molecule has 0 aliphatic carbocycles. The fourth-order valence-corrected chi connectivity index (χ4v) is 4.98. The Bertz CT molecular complexity index is 813. The zero-order valence-electron chi connectivity index (χ0n) is 17.1. The van der Waals surface area contributed by atoms with Crippen molar-refractivity contribution in [3.63, 3.8) is 0 Å². The molecule has 3 rings (SSSR count). The van der Waals surface area contributed by atoms with Crippen molar-refractivity contribution in [1.29, 1.82) is 0 Å². The number of imide groups is 1. The smallest absolute Gasteiger partial charge is 0.327 e. The number of halogens is 1. The van der Waals surface area contributed by atoms with Crippen molar-refractivity contribution < 1.29 is 19.1 Å². The van der Waals surface area contributed by atoms with Gasteiger partial charge >= 0.3 is 6.03 Å². The van der Waals surface area contributed by atoms with Gasteiger partial charge in [-0.25, -0.2) is 4.79 Å². The van der Waals surface area contributed by atoms with Gasteiger partial charge in [-0.1, -0.05) is 29.8 Å². The predicted molar refractivity (Wildman–Crippen MR) is 115 cm³/mol. The van der Waals surface area contributed by atoms with Crippen LogP contribution in [0.25, 0.3) is 0 Å². The molecule has 4 unspecified atom stereocenters. The molecule has 2 aliphatic rings. The van der Waals surface area contributed by atoms with Crippen molar-refractivity contribution in [1.82, 2.24) is 25.8 Å². The summed E-state index contributed by atoms with van der Waals surface area (Å²) in [5.41, 5.74) is 0.806. The second kappa shape index (κ2) is 9.97. The van der Waals surface area contributed by atoms with Gasteiger partial charge in [0.25, 0.3) is 0 Å². The third-order valence-electron chi connectivity index (χ3n) is 5.19. The summed E-state index contributed by atoms with van der Waals surface area (Å²) in [6, 6.07) is 6.99. The number of fused-ring (bicyclic) bond motifs is 1. The van der Waals surface area contributed by atoms with Gasteiger partial charge < -0.3 is 15.0 Å².